The summed E-state index contributed by atoms with van der Waals surface area (Å²) in [5.41, 5.74) is 3.65. The lowest BCUT2D eigenvalue weighted by atomic mass is 10.0. The van der Waals surface area contributed by atoms with Crippen molar-refractivity contribution in [3.05, 3.63) is 53.9 Å². The van der Waals surface area contributed by atoms with Gasteiger partial charge in [-0.2, -0.15) is 0 Å². The molecule has 0 bridgehead atoms. The Balaban J connectivity index is 2.04. The van der Waals surface area contributed by atoms with Crippen LogP contribution in [0.25, 0.3) is 0 Å². The molecule has 2 rings (SSSR count). The molecule has 0 fully saturated rings. The third-order valence-electron chi connectivity index (χ3n) is 3.35. The van der Waals surface area contributed by atoms with E-state index in [-0.39, 0.29) is 4.90 Å². The summed E-state index contributed by atoms with van der Waals surface area (Å²) in [6.45, 7) is 4.21. The number of carbonyl (C=O) groups excluding carboxylic acids is 1. The Morgan fingerprint density at radius 1 is 1.17 bits per heavy atom. The van der Waals surface area contributed by atoms with Crippen LogP contribution in [0.2, 0.25) is 0 Å². The Morgan fingerprint density at radius 2 is 1.83 bits per heavy atom. The van der Waals surface area contributed by atoms with Gasteiger partial charge in [-0.1, -0.05) is 26.0 Å². The zero-order valence-corrected chi connectivity index (χ0v) is 14.2. The maximum atomic E-state index is 12.2. The van der Waals surface area contributed by atoms with Gasteiger partial charge < -0.3 is 4.57 Å². The van der Waals surface area contributed by atoms with Crippen molar-refractivity contribution in [2.24, 2.45) is 13.0 Å². The molecule has 1 amide bonds. The summed E-state index contributed by atoms with van der Waals surface area (Å²) in [5, 5.41) is 0. The van der Waals surface area contributed by atoms with Gasteiger partial charge in [0, 0.05) is 13.2 Å². The number of aromatic nitrogens is 1. The summed E-state index contributed by atoms with van der Waals surface area (Å²) in [6, 6.07) is 9.95. The van der Waals surface area contributed by atoms with Gasteiger partial charge in [0.2, 0.25) is 0 Å². The van der Waals surface area contributed by atoms with E-state index in [1.54, 1.807) is 42.1 Å². The van der Waals surface area contributed by atoms with Gasteiger partial charge in [-0.25, -0.2) is 8.42 Å². The van der Waals surface area contributed by atoms with Crippen molar-refractivity contribution < 1.29 is 13.2 Å². The van der Waals surface area contributed by atoms with Crippen molar-refractivity contribution in [2.75, 3.05) is 0 Å². The van der Waals surface area contributed by atoms with Crippen LogP contribution in [0, 0.1) is 5.92 Å². The van der Waals surface area contributed by atoms with Gasteiger partial charge in [-0.15, -0.1) is 4.83 Å². The smallest absolute Gasteiger partial charge is 0.282 e. The second-order valence-corrected chi connectivity index (χ2v) is 7.49. The fraction of sp³-hybridized carbons (Fsp3) is 0.312. The van der Waals surface area contributed by atoms with Gasteiger partial charge in [0.1, 0.15) is 5.69 Å². The number of amides is 1. The number of hydrogen-bond donors (Lipinski definition) is 2. The van der Waals surface area contributed by atoms with Gasteiger partial charge >= 0.3 is 0 Å². The number of hydrazine groups is 1. The fourth-order valence-electron chi connectivity index (χ4n) is 2.21. The summed E-state index contributed by atoms with van der Waals surface area (Å²) in [6.07, 6.45) is 2.59. The summed E-state index contributed by atoms with van der Waals surface area (Å²) >= 11 is 0. The molecule has 0 aliphatic rings. The van der Waals surface area contributed by atoms with Crippen molar-refractivity contribution in [3.63, 3.8) is 0 Å². The fourth-order valence-corrected chi connectivity index (χ4v) is 3.05. The Hall–Kier alpha value is -2.12. The number of nitrogens with one attached hydrogen (secondary N) is 2. The number of sulfonamides is 1. The second-order valence-electron chi connectivity index (χ2n) is 5.81. The van der Waals surface area contributed by atoms with Crippen molar-refractivity contribution in [3.8, 4) is 0 Å². The highest BCUT2D eigenvalue weighted by Crippen LogP contribution is 2.13. The van der Waals surface area contributed by atoms with Crippen molar-refractivity contribution in [1.29, 1.82) is 0 Å². The summed E-state index contributed by atoms with van der Waals surface area (Å²) < 4.78 is 26.0. The first kappa shape index (κ1) is 17.2. The van der Waals surface area contributed by atoms with E-state index in [0.29, 0.717) is 11.6 Å². The van der Waals surface area contributed by atoms with E-state index < -0.39 is 15.9 Å². The molecule has 2 N–H and O–H groups in total. The molecule has 0 unspecified atom stereocenters. The van der Waals surface area contributed by atoms with E-state index in [0.717, 1.165) is 12.0 Å². The molecule has 7 heteroatoms. The highest BCUT2D eigenvalue weighted by Gasteiger charge is 2.16. The minimum atomic E-state index is -3.80. The lowest BCUT2D eigenvalue weighted by Gasteiger charge is -2.10. The maximum absolute atomic E-state index is 12.2. The Kier molecular flexibility index (Phi) is 5.23. The van der Waals surface area contributed by atoms with Gasteiger partial charge in [-0.3, -0.25) is 10.2 Å². The molecule has 0 radical (unpaired) electrons. The summed E-state index contributed by atoms with van der Waals surface area (Å²) in [4.78, 5) is 14.1. The van der Waals surface area contributed by atoms with Gasteiger partial charge in [-0.05, 0) is 42.2 Å². The molecule has 1 aromatic heterocycles. The molecular formula is C16H21N3O3S. The Labute approximate surface area is 136 Å². The van der Waals surface area contributed by atoms with Crippen LogP contribution in [0.3, 0.4) is 0 Å². The van der Waals surface area contributed by atoms with E-state index in [9.17, 15) is 13.2 Å². The first-order valence-electron chi connectivity index (χ1n) is 7.32. The molecule has 6 nitrogen and oxygen atoms in total. The summed E-state index contributed by atoms with van der Waals surface area (Å²) in [7, 11) is -2.09. The highest BCUT2D eigenvalue weighted by molar-refractivity contribution is 7.89. The monoisotopic (exact) mass is 335 g/mol. The van der Waals surface area contributed by atoms with Crippen LogP contribution in [0.1, 0.15) is 29.9 Å². The number of nitrogens with zero attached hydrogens (tertiary/aromatic N) is 1. The predicted molar refractivity (Wildman–Crippen MR) is 88.2 cm³/mol. The van der Waals surface area contributed by atoms with E-state index >= 15 is 0 Å². The first-order valence-corrected chi connectivity index (χ1v) is 8.80. The number of rotatable bonds is 6. The molecule has 0 aliphatic heterocycles. The third-order valence-corrected chi connectivity index (χ3v) is 4.62. The van der Waals surface area contributed by atoms with Crippen LogP contribution in [0.15, 0.2) is 47.5 Å². The maximum Gasteiger partial charge on any atom is 0.282 e. The van der Waals surface area contributed by atoms with Gasteiger partial charge in [0.15, 0.2) is 0 Å². The van der Waals surface area contributed by atoms with Crippen molar-refractivity contribution >= 4 is 15.9 Å². The standard InChI is InChI=1S/C16H21N3O3S/c1-12(2)11-13-6-8-14(9-7-13)23(21,22)18-17-16(20)15-5-4-10-19(15)3/h4-10,12,18H,11H2,1-3H3,(H,17,20). The number of benzene rings is 1. The van der Waals surface area contributed by atoms with Crippen LogP contribution in [0.4, 0.5) is 0 Å². The van der Waals surface area contributed by atoms with E-state index in [1.165, 1.54) is 12.1 Å². The number of carbonyl (C=O) groups is 1. The van der Waals surface area contributed by atoms with E-state index in [4.69, 9.17) is 0 Å². The summed E-state index contributed by atoms with van der Waals surface area (Å²) in [5.74, 6) is -0.0161. The minimum Gasteiger partial charge on any atom is -0.347 e. The molecule has 0 atom stereocenters. The lowest BCUT2D eigenvalue weighted by molar-refractivity contribution is 0.0937. The minimum absolute atomic E-state index is 0.109. The zero-order valence-electron chi connectivity index (χ0n) is 13.4. The third kappa shape index (κ3) is 4.43. The Morgan fingerprint density at radius 3 is 2.35 bits per heavy atom. The van der Waals surface area contributed by atoms with Crippen LogP contribution >= 0.6 is 0 Å². The van der Waals surface area contributed by atoms with Gasteiger partial charge in [0.05, 0.1) is 4.90 Å². The second kappa shape index (κ2) is 6.97. The van der Waals surface area contributed by atoms with E-state index in [2.05, 4.69) is 24.1 Å². The van der Waals surface area contributed by atoms with Gasteiger partial charge in [0.25, 0.3) is 15.9 Å². The number of hydrogen-bond acceptors (Lipinski definition) is 3. The highest BCUT2D eigenvalue weighted by atomic mass is 32.2. The first-order chi connectivity index (χ1) is 10.8. The topological polar surface area (TPSA) is 80.2 Å². The quantitative estimate of drug-likeness (QED) is 0.791. The van der Waals surface area contributed by atoms with Crippen LogP contribution in [0.5, 0.6) is 0 Å². The largest absolute Gasteiger partial charge is 0.347 e. The molecule has 0 spiro atoms. The normalized spacial score (nSPS) is 11.7. The SMILES string of the molecule is CC(C)Cc1ccc(S(=O)(=O)NNC(=O)c2cccn2C)cc1. The molecule has 23 heavy (non-hydrogen) atoms. The predicted octanol–water partition coefficient (Wildman–Crippen LogP) is 1.85. The molecule has 0 saturated heterocycles. The molecule has 1 aromatic carbocycles. The van der Waals surface area contributed by atoms with Crippen LogP contribution < -0.4 is 10.3 Å². The van der Waals surface area contributed by atoms with Crippen LogP contribution in [-0.2, 0) is 23.5 Å². The zero-order chi connectivity index (χ0) is 17.0. The molecule has 0 saturated carbocycles. The van der Waals surface area contributed by atoms with E-state index in [1.807, 2.05) is 0 Å². The van der Waals surface area contributed by atoms with Crippen molar-refractivity contribution in [2.45, 2.75) is 25.2 Å². The Bertz CT molecular complexity index is 777. The van der Waals surface area contributed by atoms with Crippen molar-refractivity contribution in [1.82, 2.24) is 14.8 Å². The number of aryl methyl sites for hydroxylation is 1. The lowest BCUT2D eigenvalue weighted by Crippen LogP contribution is -2.42. The molecular weight excluding hydrogens is 314 g/mol. The molecule has 1 heterocycles. The van der Waals surface area contributed by atoms with Crippen LogP contribution in [-0.4, -0.2) is 18.9 Å². The average Bonchev–Trinajstić information content (AvgIpc) is 2.91. The molecule has 0 aliphatic carbocycles. The average molecular weight is 335 g/mol. The molecule has 124 valence electrons. The molecule has 2 aromatic rings.